The molecule has 0 aliphatic carbocycles. The van der Waals surface area contributed by atoms with Crippen molar-refractivity contribution in [3.63, 3.8) is 0 Å². The van der Waals surface area contributed by atoms with Gasteiger partial charge < -0.3 is 15.0 Å². The molecule has 10 nitrogen and oxygen atoms in total. The Labute approximate surface area is 179 Å². The summed E-state index contributed by atoms with van der Waals surface area (Å²) in [5.41, 5.74) is -1.14. The molecule has 0 saturated carbocycles. The van der Waals surface area contributed by atoms with Gasteiger partial charge in [0.2, 0.25) is 15.1 Å². The van der Waals surface area contributed by atoms with Gasteiger partial charge >= 0.3 is 5.70 Å². The fraction of sp³-hybridized carbons (Fsp3) is 0.474. The lowest BCUT2D eigenvalue weighted by molar-refractivity contribution is -0.418. The Kier molecular flexibility index (Phi) is 6.28. The molecule has 1 N–H and O–H groups in total. The quantitative estimate of drug-likeness (QED) is 0.524. The van der Waals surface area contributed by atoms with Gasteiger partial charge in [-0.15, -0.1) is 0 Å². The van der Waals surface area contributed by atoms with E-state index in [2.05, 4.69) is 10.3 Å². The van der Waals surface area contributed by atoms with E-state index in [0.29, 0.717) is 13.2 Å². The van der Waals surface area contributed by atoms with Gasteiger partial charge in [0, 0.05) is 6.54 Å². The molecule has 0 aromatic heterocycles. The zero-order valence-corrected chi connectivity index (χ0v) is 18.0. The number of sulfone groups is 1. The first-order valence-electron chi connectivity index (χ1n) is 9.59. The predicted octanol–water partition coefficient (Wildman–Crippen LogP) is 1.44. The topological polar surface area (TPSA) is 138 Å². The van der Waals surface area contributed by atoms with Crippen molar-refractivity contribution in [2.24, 2.45) is 4.99 Å². The van der Waals surface area contributed by atoms with E-state index < -0.39 is 48.3 Å². The lowest BCUT2D eigenvalue weighted by Crippen LogP contribution is -2.54. The summed E-state index contributed by atoms with van der Waals surface area (Å²) in [6, 6.07) is 5.91. The summed E-state index contributed by atoms with van der Waals surface area (Å²) >= 11 is 0. The zero-order chi connectivity index (χ0) is 22.9. The molecule has 3 rings (SSSR count). The van der Waals surface area contributed by atoms with Crippen LogP contribution in [-0.2, 0) is 14.6 Å². The maximum absolute atomic E-state index is 14.2. The first-order valence-corrected chi connectivity index (χ1v) is 11.1. The minimum absolute atomic E-state index is 0.0640. The van der Waals surface area contributed by atoms with Gasteiger partial charge in [-0.2, -0.15) is 5.26 Å². The van der Waals surface area contributed by atoms with Crippen LogP contribution in [0.4, 0.5) is 4.39 Å². The number of benzene rings is 1. The Morgan fingerprint density at radius 1 is 1.39 bits per heavy atom. The molecule has 2 unspecified atom stereocenters. The number of halogens is 1. The van der Waals surface area contributed by atoms with Crippen LogP contribution >= 0.6 is 0 Å². The van der Waals surface area contributed by atoms with E-state index in [1.165, 1.54) is 12.1 Å². The summed E-state index contributed by atoms with van der Waals surface area (Å²) < 4.78 is 46.0. The first-order chi connectivity index (χ1) is 14.6. The van der Waals surface area contributed by atoms with Gasteiger partial charge in [-0.05, 0) is 32.9 Å². The van der Waals surface area contributed by atoms with Crippen LogP contribution in [-0.4, -0.2) is 60.7 Å². The number of aliphatic imine (C=N–C) groups is 1. The van der Waals surface area contributed by atoms with Crippen LogP contribution in [0.2, 0.25) is 0 Å². The summed E-state index contributed by atoms with van der Waals surface area (Å²) in [6.07, 6.45) is -0.978. The average molecular weight is 451 g/mol. The van der Waals surface area contributed by atoms with Crippen molar-refractivity contribution < 1.29 is 22.5 Å². The molecule has 2 aliphatic heterocycles. The highest BCUT2D eigenvalue weighted by molar-refractivity contribution is 7.93. The van der Waals surface area contributed by atoms with Gasteiger partial charge in [-0.1, -0.05) is 12.1 Å². The summed E-state index contributed by atoms with van der Waals surface area (Å²) in [4.78, 5) is 16.4. The molecule has 1 aromatic rings. The molecule has 1 saturated heterocycles. The van der Waals surface area contributed by atoms with Crippen LogP contribution in [0.15, 0.2) is 45.7 Å². The van der Waals surface area contributed by atoms with E-state index in [1.807, 2.05) is 13.8 Å². The molecule has 0 amide bonds. The lowest BCUT2D eigenvalue weighted by Gasteiger charge is -2.41. The number of morpholine rings is 1. The van der Waals surface area contributed by atoms with Gasteiger partial charge in [0.1, 0.15) is 16.9 Å². The molecule has 12 heteroatoms. The highest BCUT2D eigenvalue weighted by atomic mass is 32.2. The fourth-order valence-corrected chi connectivity index (χ4v) is 5.08. The number of allylic oxidation sites excluding steroid dienone is 1. The summed E-state index contributed by atoms with van der Waals surface area (Å²) in [6.45, 7) is 5.87. The molecular formula is C19H22FN5O5S. The Hall–Kier alpha value is -3.04. The molecule has 2 aliphatic rings. The molecule has 0 bridgehead atoms. The smallest absolute Gasteiger partial charge is 0.332 e. The molecule has 2 heterocycles. The Bertz CT molecular complexity index is 1100. The van der Waals surface area contributed by atoms with Crippen molar-refractivity contribution in [3.05, 3.63) is 51.7 Å². The number of nitrogens with one attached hydrogen (secondary N) is 1. The summed E-state index contributed by atoms with van der Waals surface area (Å²) in [7, 11) is -4.63. The van der Waals surface area contributed by atoms with Crippen molar-refractivity contribution in [1.29, 1.82) is 5.26 Å². The largest absolute Gasteiger partial charge is 0.375 e. The molecule has 0 spiro atoms. The van der Waals surface area contributed by atoms with Gasteiger partial charge in [0.05, 0.1) is 29.7 Å². The van der Waals surface area contributed by atoms with Crippen LogP contribution in [0.1, 0.15) is 20.8 Å². The highest BCUT2D eigenvalue weighted by Gasteiger charge is 2.46. The van der Waals surface area contributed by atoms with Crippen molar-refractivity contribution in [2.45, 2.75) is 49.2 Å². The number of nitro groups is 1. The van der Waals surface area contributed by atoms with Crippen molar-refractivity contribution >= 4 is 15.5 Å². The maximum atomic E-state index is 14.2. The van der Waals surface area contributed by atoms with Gasteiger partial charge in [-0.25, -0.2) is 12.8 Å². The van der Waals surface area contributed by atoms with Gasteiger partial charge in [0.15, 0.2) is 11.5 Å². The fourth-order valence-electron chi connectivity index (χ4n) is 3.61. The summed E-state index contributed by atoms with van der Waals surface area (Å²) in [5.74, 6) is -0.984. The number of nitriles is 1. The molecule has 1 fully saturated rings. The minimum Gasteiger partial charge on any atom is -0.375 e. The van der Waals surface area contributed by atoms with E-state index in [-0.39, 0.29) is 18.0 Å². The van der Waals surface area contributed by atoms with Crippen molar-refractivity contribution in [1.82, 2.24) is 10.2 Å². The Balaban J connectivity index is 2.17. The molecule has 0 radical (unpaired) electrons. The van der Waals surface area contributed by atoms with Gasteiger partial charge in [-0.3, -0.25) is 15.1 Å². The van der Waals surface area contributed by atoms with E-state index in [9.17, 15) is 28.2 Å². The van der Waals surface area contributed by atoms with Crippen LogP contribution in [0, 0.1) is 27.3 Å². The van der Waals surface area contributed by atoms with Crippen molar-refractivity contribution in [2.75, 3.05) is 13.2 Å². The van der Waals surface area contributed by atoms with Crippen LogP contribution in [0.3, 0.4) is 0 Å². The normalized spacial score (nSPS) is 25.3. The first kappa shape index (κ1) is 22.6. The maximum Gasteiger partial charge on any atom is 0.332 e. The molecule has 1 aromatic carbocycles. The average Bonchev–Trinajstić information content (AvgIpc) is 2.70. The number of rotatable bonds is 5. The summed E-state index contributed by atoms with van der Waals surface area (Å²) in [5, 5.41) is 22.6. The van der Waals surface area contributed by atoms with Crippen LogP contribution in [0.5, 0.6) is 0 Å². The number of hydrogen-bond donors (Lipinski definition) is 1. The monoisotopic (exact) mass is 451 g/mol. The van der Waals surface area contributed by atoms with Crippen molar-refractivity contribution in [3.8, 4) is 6.07 Å². The third kappa shape index (κ3) is 4.11. The van der Waals surface area contributed by atoms with E-state index in [0.717, 1.165) is 12.1 Å². The molecule has 4 atom stereocenters. The predicted molar refractivity (Wildman–Crippen MR) is 109 cm³/mol. The second kappa shape index (κ2) is 8.60. The van der Waals surface area contributed by atoms with E-state index >= 15 is 0 Å². The Morgan fingerprint density at radius 3 is 2.68 bits per heavy atom. The third-order valence-electron chi connectivity index (χ3n) is 5.32. The Morgan fingerprint density at radius 2 is 2.06 bits per heavy atom. The SMILES string of the molecule is CC1N=C(C(C#N)S(=O)(=O)c2ccccc2F)C([N+](=O)[O-])=C(N2CCO[C@H](C)[C@H]2C)N1. The van der Waals surface area contributed by atoms with Gasteiger partial charge in [0.25, 0.3) is 0 Å². The number of hydrogen-bond acceptors (Lipinski definition) is 9. The zero-order valence-electron chi connectivity index (χ0n) is 17.1. The standard InChI is InChI=1S/C19H22FN5O5S/c1-11-12(2)30-9-8-24(11)19-18(25(26)27)17(22-13(3)23-19)16(10-21)31(28,29)15-7-5-4-6-14(15)20/h4-7,11-13,16,23H,8-9H2,1-3H3/t11-,12-,13?,16?/m1/s1. The highest BCUT2D eigenvalue weighted by Crippen LogP contribution is 2.28. The number of ether oxygens (including phenoxy) is 1. The minimum atomic E-state index is -4.63. The second-order valence-electron chi connectivity index (χ2n) is 7.28. The number of nitrogens with zero attached hydrogens (tertiary/aromatic N) is 4. The molecule has 166 valence electrons. The molecule has 31 heavy (non-hydrogen) atoms. The molecular weight excluding hydrogens is 429 g/mol. The van der Waals surface area contributed by atoms with E-state index in [1.54, 1.807) is 17.9 Å². The lowest BCUT2D eigenvalue weighted by atomic mass is 10.1. The van der Waals surface area contributed by atoms with Crippen LogP contribution in [0.25, 0.3) is 0 Å². The van der Waals surface area contributed by atoms with E-state index in [4.69, 9.17) is 4.74 Å². The third-order valence-corrected chi connectivity index (χ3v) is 7.21. The van der Waals surface area contributed by atoms with Crippen LogP contribution < -0.4 is 5.32 Å². The second-order valence-corrected chi connectivity index (χ2v) is 9.28.